The van der Waals surface area contributed by atoms with Crippen molar-refractivity contribution in [1.29, 1.82) is 0 Å². The third-order valence-electron chi connectivity index (χ3n) is 4.28. The molecule has 4 heteroatoms. The zero-order valence-electron chi connectivity index (χ0n) is 11.9. The van der Waals surface area contributed by atoms with Crippen molar-refractivity contribution in [2.45, 2.75) is 64.8 Å². The highest BCUT2D eigenvalue weighted by atomic mass is 16.4. The van der Waals surface area contributed by atoms with Crippen LogP contribution in [0.4, 0.5) is 0 Å². The first kappa shape index (κ1) is 15.3. The number of oxime groups is 1. The van der Waals surface area contributed by atoms with Crippen LogP contribution in [0.5, 0.6) is 0 Å². The van der Waals surface area contributed by atoms with E-state index in [0.717, 1.165) is 24.8 Å². The van der Waals surface area contributed by atoms with Crippen molar-refractivity contribution in [3.63, 3.8) is 0 Å². The van der Waals surface area contributed by atoms with Gasteiger partial charge in [-0.3, -0.25) is 0 Å². The molecular formula is C14H29N3O. The van der Waals surface area contributed by atoms with E-state index < -0.39 is 0 Å². The molecule has 0 aromatic heterocycles. The zero-order valence-corrected chi connectivity index (χ0v) is 11.9. The van der Waals surface area contributed by atoms with Gasteiger partial charge in [0.2, 0.25) is 0 Å². The van der Waals surface area contributed by atoms with Crippen LogP contribution in [0.1, 0.15) is 58.8 Å². The largest absolute Gasteiger partial charge is 0.409 e. The number of rotatable bonds is 7. The number of nitrogens with zero attached hydrogens (tertiary/aromatic N) is 2. The van der Waals surface area contributed by atoms with Crippen molar-refractivity contribution < 1.29 is 5.21 Å². The first-order chi connectivity index (χ1) is 8.71. The Balaban J connectivity index is 2.19. The van der Waals surface area contributed by atoms with Gasteiger partial charge in [-0.05, 0) is 57.5 Å². The monoisotopic (exact) mass is 255 g/mol. The molecule has 1 aliphatic heterocycles. The average Bonchev–Trinajstić information content (AvgIpc) is 2.41. The molecule has 0 bridgehead atoms. The van der Waals surface area contributed by atoms with E-state index in [-0.39, 0.29) is 0 Å². The van der Waals surface area contributed by atoms with Gasteiger partial charge in [0.15, 0.2) is 0 Å². The Bertz CT molecular complexity index is 243. The second-order valence-electron chi connectivity index (χ2n) is 5.43. The summed E-state index contributed by atoms with van der Waals surface area (Å²) in [5.74, 6) is 1.20. The van der Waals surface area contributed by atoms with Crippen LogP contribution in [-0.2, 0) is 0 Å². The second-order valence-corrected chi connectivity index (χ2v) is 5.43. The topological polar surface area (TPSA) is 61.8 Å². The lowest BCUT2D eigenvalue weighted by Crippen LogP contribution is -2.40. The van der Waals surface area contributed by atoms with Gasteiger partial charge in [-0.15, -0.1) is 0 Å². The van der Waals surface area contributed by atoms with Crippen LogP contribution in [0.3, 0.4) is 0 Å². The highest BCUT2D eigenvalue weighted by Crippen LogP contribution is 2.25. The lowest BCUT2D eigenvalue weighted by Gasteiger charge is -2.37. The minimum atomic E-state index is 0.365. The van der Waals surface area contributed by atoms with E-state index in [1.807, 2.05) is 0 Å². The quantitative estimate of drug-likeness (QED) is 0.318. The van der Waals surface area contributed by atoms with E-state index in [4.69, 9.17) is 10.9 Å². The molecule has 1 fully saturated rings. The Kier molecular flexibility index (Phi) is 7.09. The molecule has 3 N–H and O–H groups in total. The molecule has 106 valence electrons. The van der Waals surface area contributed by atoms with E-state index in [1.165, 1.54) is 45.2 Å². The second kappa shape index (κ2) is 8.35. The van der Waals surface area contributed by atoms with Gasteiger partial charge in [-0.25, -0.2) is 0 Å². The molecule has 0 aromatic rings. The Morgan fingerprint density at radius 3 is 2.44 bits per heavy atom. The predicted molar refractivity (Wildman–Crippen MR) is 75.9 cm³/mol. The van der Waals surface area contributed by atoms with Crippen molar-refractivity contribution in [3.05, 3.63) is 0 Å². The maximum absolute atomic E-state index is 8.48. The molecule has 0 radical (unpaired) electrons. The molecule has 0 aliphatic carbocycles. The summed E-state index contributed by atoms with van der Waals surface area (Å²) in [4.78, 5) is 2.65. The molecule has 0 unspecified atom stereocenters. The number of hydrogen-bond donors (Lipinski definition) is 2. The summed E-state index contributed by atoms with van der Waals surface area (Å²) in [5, 5.41) is 11.5. The number of piperidine rings is 1. The first-order valence-corrected chi connectivity index (χ1v) is 7.41. The van der Waals surface area contributed by atoms with Crippen molar-refractivity contribution in [1.82, 2.24) is 4.90 Å². The molecule has 1 heterocycles. The third kappa shape index (κ3) is 4.84. The molecule has 0 saturated carbocycles. The summed E-state index contributed by atoms with van der Waals surface area (Å²) in [6, 6.07) is 0.781. The molecule has 18 heavy (non-hydrogen) atoms. The van der Waals surface area contributed by atoms with Crippen molar-refractivity contribution >= 4 is 5.84 Å². The van der Waals surface area contributed by atoms with E-state index in [1.54, 1.807) is 0 Å². The normalized spacial score (nSPS) is 19.6. The molecule has 1 rings (SSSR count). The van der Waals surface area contributed by atoms with Crippen LogP contribution in [0.2, 0.25) is 0 Å². The first-order valence-electron chi connectivity index (χ1n) is 7.41. The van der Waals surface area contributed by atoms with Crippen LogP contribution >= 0.6 is 0 Å². The van der Waals surface area contributed by atoms with Crippen LogP contribution in [-0.4, -0.2) is 35.1 Å². The standard InChI is InChI=1S/C14H29N3O/c1-3-13(4-2)17-10-8-12(9-11-17)6-5-7-14(15)16-18/h12-13,18H,3-11H2,1-2H3,(H2,15,16). The zero-order chi connectivity index (χ0) is 13.4. The summed E-state index contributed by atoms with van der Waals surface area (Å²) in [5.41, 5.74) is 5.48. The molecule has 1 saturated heterocycles. The Morgan fingerprint density at radius 2 is 1.94 bits per heavy atom. The summed E-state index contributed by atoms with van der Waals surface area (Å²) in [6.45, 7) is 7.08. The van der Waals surface area contributed by atoms with E-state index >= 15 is 0 Å². The van der Waals surface area contributed by atoms with E-state index in [0.29, 0.717) is 5.84 Å². The Labute approximate surface area is 111 Å². The number of nitrogens with two attached hydrogens (primary N) is 1. The van der Waals surface area contributed by atoms with Gasteiger partial charge in [0, 0.05) is 12.5 Å². The number of likely N-dealkylation sites (tertiary alicyclic amines) is 1. The fourth-order valence-electron chi connectivity index (χ4n) is 3.03. The van der Waals surface area contributed by atoms with Gasteiger partial charge in [0.1, 0.15) is 5.84 Å². The summed E-state index contributed by atoms with van der Waals surface area (Å²) in [6.07, 6.45) is 8.15. The molecule has 0 spiro atoms. The molecule has 0 aromatic carbocycles. The summed E-state index contributed by atoms with van der Waals surface area (Å²) >= 11 is 0. The lowest BCUT2D eigenvalue weighted by atomic mass is 9.90. The van der Waals surface area contributed by atoms with Crippen LogP contribution in [0.25, 0.3) is 0 Å². The van der Waals surface area contributed by atoms with Crippen LogP contribution < -0.4 is 5.73 Å². The van der Waals surface area contributed by atoms with Gasteiger partial charge < -0.3 is 15.8 Å². The smallest absolute Gasteiger partial charge is 0.139 e. The summed E-state index contributed by atoms with van der Waals surface area (Å²) in [7, 11) is 0. The number of hydrogen-bond acceptors (Lipinski definition) is 3. The molecule has 0 amide bonds. The molecular weight excluding hydrogens is 226 g/mol. The maximum Gasteiger partial charge on any atom is 0.139 e. The van der Waals surface area contributed by atoms with Gasteiger partial charge >= 0.3 is 0 Å². The Morgan fingerprint density at radius 1 is 1.33 bits per heavy atom. The SMILES string of the molecule is CCC(CC)N1CCC(CCCC(N)=NO)CC1. The van der Waals surface area contributed by atoms with E-state index in [9.17, 15) is 0 Å². The van der Waals surface area contributed by atoms with Crippen molar-refractivity contribution in [3.8, 4) is 0 Å². The highest BCUT2D eigenvalue weighted by molar-refractivity contribution is 5.79. The average molecular weight is 255 g/mol. The van der Waals surface area contributed by atoms with Crippen molar-refractivity contribution in [2.75, 3.05) is 13.1 Å². The molecule has 4 nitrogen and oxygen atoms in total. The van der Waals surface area contributed by atoms with Crippen LogP contribution in [0.15, 0.2) is 5.16 Å². The van der Waals surface area contributed by atoms with E-state index in [2.05, 4.69) is 23.9 Å². The van der Waals surface area contributed by atoms with Crippen molar-refractivity contribution in [2.24, 2.45) is 16.8 Å². The highest BCUT2D eigenvalue weighted by Gasteiger charge is 2.22. The lowest BCUT2D eigenvalue weighted by molar-refractivity contribution is 0.122. The van der Waals surface area contributed by atoms with Gasteiger partial charge in [0.05, 0.1) is 0 Å². The minimum absolute atomic E-state index is 0.365. The molecule has 1 aliphatic rings. The predicted octanol–water partition coefficient (Wildman–Crippen LogP) is 2.80. The minimum Gasteiger partial charge on any atom is -0.409 e. The summed E-state index contributed by atoms with van der Waals surface area (Å²) < 4.78 is 0. The van der Waals surface area contributed by atoms with Crippen LogP contribution in [0, 0.1) is 5.92 Å². The maximum atomic E-state index is 8.48. The van der Waals surface area contributed by atoms with Gasteiger partial charge in [0.25, 0.3) is 0 Å². The number of amidine groups is 1. The fourth-order valence-corrected chi connectivity index (χ4v) is 3.03. The van der Waals surface area contributed by atoms with Gasteiger partial charge in [-0.2, -0.15) is 0 Å². The van der Waals surface area contributed by atoms with Gasteiger partial charge in [-0.1, -0.05) is 19.0 Å². The third-order valence-corrected chi connectivity index (χ3v) is 4.28. The Hall–Kier alpha value is -0.770. The fraction of sp³-hybridized carbons (Fsp3) is 0.929. The molecule has 0 atom stereocenters.